The van der Waals surface area contributed by atoms with Gasteiger partial charge in [-0.15, -0.1) is 10.3 Å². The van der Waals surface area contributed by atoms with E-state index in [9.17, 15) is 10.5 Å². The summed E-state index contributed by atoms with van der Waals surface area (Å²) in [6.07, 6.45) is 6.95. The summed E-state index contributed by atoms with van der Waals surface area (Å²) >= 11 is 0. The van der Waals surface area contributed by atoms with Crippen LogP contribution in [-0.4, -0.2) is 16.1 Å². The molecule has 0 N–H and O–H groups in total. The average molecular weight is 235 g/mol. The highest BCUT2D eigenvalue weighted by Gasteiger charge is 2.60. The van der Waals surface area contributed by atoms with E-state index in [1.807, 2.05) is 20.8 Å². The van der Waals surface area contributed by atoms with E-state index >= 15 is 0 Å². The molecule has 2 aliphatic rings. The first kappa shape index (κ1) is 12.9. The van der Waals surface area contributed by atoms with Gasteiger partial charge in [0.2, 0.25) is 0 Å². The zero-order valence-corrected chi connectivity index (χ0v) is 11.3. The molecule has 0 aromatic heterocycles. The summed E-state index contributed by atoms with van der Waals surface area (Å²) in [5, 5.41) is 23.5. The molecule has 1 saturated carbocycles. The molecule has 0 aromatic rings. The fourth-order valence-electron chi connectivity index (χ4n) is 3.78. The van der Waals surface area contributed by atoms with Crippen LogP contribution in [0.15, 0.2) is 0 Å². The lowest BCUT2D eigenvalue weighted by atomic mass is 9.62. The van der Waals surface area contributed by atoms with E-state index in [2.05, 4.69) is 6.07 Å². The number of hydrogen-bond acceptors (Lipinski definition) is 2. The fourth-order valence-corrected chi connectivity index (χ4v) is 3.78. The largest absolute Gasteiger partial charge is 0.198 e. The summed E-state index contributed by atoms with van der Waals surface area (Å²) in [5.74, 6) is 0. The van der Waals surface area contributed by atoms with Crippen molar-refractivity contribution in [1.82, 2.24) is 5.06 Å². The highest BCUT2D eigenvalue weighted by atomic mass is 16.5. The van der Waals surface area contributed by atoms with Gasteiger partial charge in [0, 0.05) is 5.54 Å². The van der Waals surface area contributed by atoms with Crippen LogP contribution in [0, 0.1) is 16.7 Å². The van der Waals surface area contributed by atoms with Gasteiger partial charge in [-0.05, 0) is 46.5 Å². The van der Waals surface area contributed by atoms with E-state index in [1.54, 1.807) is 0 Å². The Labute approximate surface area is 104 Å². The minimum Gasteiger partial charge on any atom is -0.198 e. The Hall–Kier alpha value is -0.590. The summed E-state index contributed by atoms with van der Waals surface area (Å²) < 4.78 is 0. The molecule has 0 amide bonds. The third kappa shape index (κ3) is 1.70. The minimum atomic E-state index is -0.480. The maximum absolute atomic E-state index is 12.6. The molecule has 2 rings (SSSR count). The fraction of sp³-hybridized carbons (Fsp3) is 0.929. The van der Waals surface area contributed by atoms with E-state index < -0.39 is 11.0 Å². The van der Waals surface area contributed by atoms with Crippen LogP contribution >= 0.6 is 0 Å². The Morgan fingerprint density at radius 1 is 1.00 bits per heavy atom. The lowest BCUT2D eigenvalue weighted by Gasteiger charge is -2.47. The van der Waals surface area contributed by atoms with Crippen LogP contribution in [0.4, 0.5) is 0 Å². The molecule has 0 spiro atoms. The summed E-state index contributed by atoms with van der Waals surface area (Å²) in [5.41, 5.74) is -1.21. The minimum absolute atomic E-state index is 0.309. The second-order valence-electron chi connectivity index (χ2n) is 6.64. The predicted octanol–water partition coefficient (Wildman–Crippen LogP) is 3.44. The Kier molecular flexibility index (Phi) is 3.00. The lowest BCUT2D eigenvalue weighted by Crippen LogP contribution is -2.57. The maximum atomic E-state index is 12.6. The topological polar surface area (TPSA) is 46.9 Å². The van der Waals surface area contributed by atoms with Gasteiger partial charge in [0.1, 0.15) is 0 Å². The zero-order chi connectivity index (χ0) is 12.7. The third-order valence-electron chi connectivity index (χ3n) is 5.17. The van der Waals surface area contributed by atoms with Gasteiger partial charge >= 0.3 is 0 Å². The number of hydrogen-bond donors (Lipinski definition) is 0. The third-order valence-corrected chi connectivity index (χ3v) is 5.17. The van der Waals surface area contributed by atoms with Crippen molar-refractivity contribution in [3.8, 4) is 6.07 Å². The van der Waals surface area contributed by atoms with E-state index in [0.29, 0.717) is 0 Å². The number of rotatable bonds is 1. The number of nitrogens with zero attached hydrogens (tertiary/aromatic N) is 2. The van der Waals surface area contributed by atoms with Crippen LogP contribution in [0.3, 0.4) is 0 Å². The average Bonchev–Trinajstić information content (AvgIpc) is 2.55. The van der Waals surface area contributed by atoms with Gasteiger partial charge in [-0.3, -0.25) is 0 Å². The van der Waals surface area contributed by atoms with Crippen LogP contribution in [0.1, 0.15) is 65.7 Å². The summed E-state index contributed by atoms with van der Waals surface area (Å²) in [4.78, 5) is 0. The molecule has 1 saturated heterocycles. The molecule has 3 nitrogen and oxygen atoms in total. The van der Waals surface area contributed by atoms with Gasteiger partial charge in [0.05, 0.1) is 17.0 Å². The molecule has 1 atom stereocenters. The standard InChI is InChI=1S/C14H23N2O/c1-12(2)9-10-13(3,16(12)17)14(11-15)7-5-4-6-8-14/h4-10H2,1-3H3. The van der Waals surface area contributed by atoms with E-state index in [-0.39, 0.29) is 5.54 Å². The second-order valence-corrected chi connectivity index (χ2v) is 6.64. The molecule has 2 fully saturated rings. The van der Waals surface area contributed by atoms with Crippen molar-refractivity contribution >= 4 is 0 Å². The Bertz CT molecular complexity index is 339. The molecule has 0 aromatic carbocycles. The summed E-state index contributed by atoms with van der Waals surface area (Å²) in [7, 11) is 0. The molecule has 95 valence electrons. The Morgan fingerprint density at radius 2 is 1.59 bits per heavy atom. The van der Waals surface area contributed by atoms with Gasteiger partial charge in [0.15, 0.2) is 0 Å². The van der Waals surface area contributed by atoms with Crippen molar-refractivity contribution in [2.45, 2.75) is 76.8 Å². The van der Waals surface area contributed by atoms with Gasteiger partial charge in [-0.25, -0.2) is 0 Å². The van der Waals surface area contributed by atoms with Gasteiger partial charge in [-0.1, -0.05) is 19.3 Å². The monoisotopic (exact) mass is 235 g/mol. The van der Waals surface area contributed by atoms with Crippen molar-refractivity contribution in [2.75, 3.05) is 0 Å². The molecule has 1 heterocycles. The van der Waals surface area contributed by atoms with Gasteiger partial charge in [0.25, 0.3) is 0 Å². The SMILES string of the molecule is CC1(C)CCC(C)(C2(C#N)CCCCC2)N1[O]. The number of nitriles is 1. The van der Waals surface area contributed by atoms with E-state index in [4.69, 9.17) is 0 Å². The van der Waals surface area contributed by atoms with Crippen LogP contribution in [0.25, 0.3) is 0 Å². The summed E-state index contributed by atoms with van der Waals surface area (Å²) in [6, 6.07) is 2.53. The van der Waals surface area contributed by atoms with Crippen LogP contribution in [0.2, 0.25) is 0 Å². The van der Waals surface area contributed by atoms with Crippen molar-refractivity contribution in [1.29, 1.82) is 5.26 Å². The molecular weight excluding hydrogens is 212 g/mol. The zero-order valence-electron chi connectivity index (χ0n) is 11.3. The smallest absolute Gasteiger partial charge is 0.0778 e. The summed E-state index contributed by atoms with van der Waals surface area (Å²) in [6.45, 7) is 6.02. The first-order valence-electron chi connectivity index (χ1n) is 6.77. The molecule has 1 aliphatic heterocycles. The highest BCUT2D eigenvalue weighted by molar-refractivity contribution is 5.18. The molecular formula is C14H23N2O. The van der Waals surface area contributed by atoms with E-state index in [0.717, 1.165) is 38.5 Å². The molecule has 17 heavy (non-hydrogen) atoms. The normalized spacial score (nSPS) is 36.6. The number of hydroxylamine groups is 2. The van der Waals surface area contributed by atoms with Crippen molar-refractivity contribution in [3.63, 3.8) is 0 Å². The van der Waals surface area contributed by atoms with Crippen LogP contribution in [0.5, 0.6) is 0 Å². The molecule has 1 radical (unpaired) electrons. The van der Waals surface area contributed by atoms with E-state index in [1.165, 1.54) is 11.5 Å². The first-order valence-corrected chi connectivity index (χ1v) is 6.77. The molecule has 0 bridgehead atoms. The molecule has 1 aliphatic carbocycles. The van der Waals surface area contributed by atoms with Gasteiger partial charge < -0.3 is 0 Å². The second kappa shape index (κ2) is 3.96. The quantitative estimate of drug-likeness (QED) is 0.699. The molecule has 3 heteroatoms. The Balaban J connectivity index is 2.34. The maximum Gasteiger partial charge on any atom is 0.0778 e. The molecule has 1 unspecified atom stereocenters. The predicted molar refractivity (Wildman–Crippen MR) is 65.4 cm³/mol. The highest BCUT2D eigenvalue weighted by Crippen LogP contribution is 2.54. The van der Waals surface area contributed by atoms with Crippen molar-refractivity contribution in [3.05, 3.63) is 0 Å². The van der Waals surface area contributed by atoms with Crippen LogP contribution < -0.4 is 0 Å². The lowest BCUT2D eigenvalue weighted by molar-refractivity contribution is -0.272. The van der Waals surface area contributed by atoms with Crippen molar-refractivity contribution < 1.29 is 5.21 Å². The van der Waals surface area contributed by atoms with Gasteiger partial charge in [-0.2, -0.15) is 5.26 Å². The first-order chi connectivity index (χ1) is 7.88. The van der Waals surface area contributed by atoms with Crippen LogP contribution in [-0.2, 0) is 5.21 Å². The Morgan fingerprint density at radius 3 is 2.00 bits per heavy atom. The van der Waals surface area contributed by atoms with Crippen molar-refractivity contribution in [2.24, 2.45) is 5.41 Å².